The summed E-state index contributed by atoms with van der Waals surface area (Å²) >= 11 is 0. The highest BCUT2D eigenvalue weighted by Crippen LogP contribution is 2.25. The van der Waals surface area contributed by atoms with Crippen molar-refractivity contribution in [2.24, 2.45) is 0 Å². The lowest BCUT2D eigenvalue weighted by Gasteiger charge is -2.13. The monoisotopic (exact) mass is 440 g/mol. The van der Waals surface area contributed by atoms with Crippen LogP contribution in [0, 0.1) is 6.92 Å². The van der Waals surface area contributed by atoms with Crippen molar-refractivity contribution in [3.63, 3.8) is 0 Å². The fourth-order valence-corrected chi connectivity index (χ4v) is 4.26. The number of amides is 1. The van der Waals surface area contributed by atoms with E-state index in [0.717, 1.165) is 18.4 Å². The number of oxazole rings is 1. The Balaban J connectivity index is 1.50. The van der Waals surface area contributed by atoms with Gasteiger partial charge in [-0.1, -0.05) is 36.4 Å². The Morgan fingerprint density at radius 1 is 1.19 bits per heavy atom. The van der Waals surface area contributed by atoms with Gasteiger partial charge in [-0.15, -0.1) is 0 Å². The first kappa shape index (κ1) is 22.7. The molecule has 1 heterocycles. The second kappa shape index (κ2) is 10.9. The molecule has 3 rings (SSSR count). The van der Waals surface area contributed by atoms with Crippen LogP contribution < -0.4 is 10.1 Å². The molecule has 1 aromatic heterocycles. The van der Waals surface area contributed by atoms with E-state index in [1.807, 2.05) is 49.4 Å². The summed E-state index contributed by atoms with van der Waals surface area (Å²) in [6.45, 7) is 3.75. The number of nitrogens with zero attached hydrogens (tertiary/aromatic N) is 1. The number of nitrogens with one attached hydrogen (secondary N) is 1. The Hall–Kier alpha value is -2.93. The Kier molecular flexibility index (Phi) is 8.00. The van der Waals surface area contributed by atoms with Crippen LogP contribution in [0.15, 0.2) is 59.0 Å². The molecule has 1 amide bonds. The summed E-state index contributed by atoms with van der Waals surface area (Å²) in [4.78, 5) is 16.8. The van der Waals surface area contributed by atoms with Crippen LogP contribution >= 0.6 is 0 Å². The molecule has 0 aliphatic rings. The number of benzene rings is 2. The molecule has 2 atom stereocenters. The molecule has 7 heteroatoms. The minimum Gasteiger partial charge on any atom is -0.497 e. The SMILES string of the molecule is COc1cccc(-c2nc(C[S@@](=O)CC(=O)N[C@@H](C)CCc3ccccc3)c(C)o2)c1. The third kappa shape index (κ3) is 6.79. The molecule has 0 aliphatic heterocycles. The van der Waals surface area contributed by atoms with Gasteiger partial charge in [0.05, 0.1) is 18.6 Å². The normalized spacial score (nSPS) is 12.9. The van der Waals surface area contributed by atoms with Crippen molar-refractivity contribution in [3.05, 3.63) is 71.6 Å². The molecule has 3 aromatic rings. The standard InChI is InChI=1S/C24H28N2O4S/c1-17(12-13-19-8-5-4-6-9-19)25-23(27)16-31(28)15-22-18(2)30-24(26-22)20-10-7-11-21(14-20)29-3/h4-11,14,17H,12-13,15-16H2,1-3H3,(H,25,27)/t17-,31+/m0/s1. The number of hydrogen-bond acceptors (Lipinski definition) is 5. The van der Waals surface area contributed by atoms with Gasteiger partial charge in [0.1, 0.15) is 17.3 Å². The van der Waals surface area contributed by atoms with E-state index < -0.39 is 10.8 Å². The summed E-state index contributed by atoms with van der Waals surface area (Å²) in [6, 6.07) is 17.6. The molecule has 6 nitrogen and oxygen atoms in total. The molecular weight excluding hydrogens is 412 g/mol. The number of hydrogen-bond donors (Lipinski definition) is 1. The van der Waals surface area contributed by atoms with E-state index in [0.29, 0.717) is 23.1 Å². The largest absolute Gasteiger partial charge is 0.497 e. The third-order valence-electron chi connectivity index (χ3n) is 4.92. The minimum absolute atomic E-state index is 0.0122. The maximum Gasteiger partial charge on any atom is 0.232 e. The summed E-state index contributed by atoms with van der Waals surface area (Å²) < 4.78 is 23.5. The van der Waals surface area contributed by atoms with Crippen LogP contribution in [0.25, 0.3) is 11.5 Å². The predicted octanol–water partition coefficient (Wildman–Crippen LogP) is 4.04. The second-order valence-electron chi connectivity index (χ2n) is 7.48. The molecule has 1 N–H and O–H groups in total. The summed E-state index contributed by atoms with van der Waals surface area (Å²) in [5.41, 5.74) is 2.62. The Morgan fingerprint density at radius 2 is 1.97 bits per heavy atom. The zero-order valence-electron chi connectivity index (χ0n) is 18.1. The Morgan fingerprint density at radius 3 is 2.71 bits per heavy atom. The number of ether oxygens (including phenoxy) is 1. The maximum atomic E-state index is 12.5. The van der Waals surface area contributed by atoms with E-state index >= 15 is 0 Å². The van der Waals surface area contributed by atoms with Gasteiger partial charge in [-0.2, -0.15) is 0 Å². The molecule has 0 saturated heterocycles. The molecule has 31 heavy (non-hydrogen) atoms. The molecule has 0 fully saturated rings. The number of methoxy groups -OCH3 is 1. The quantitative estimate of drug-likeness (QED) is 0.514. The van der Waals surface area contributed by atoms with E-state index in [4.69, 9.17) is 9.15 Å². The van der Waals surface area contributed by atoms with Gasteiger partial charge in [0.15, 0.2) is 0 Å². The average Bonchev–Trinajstić information content (AvgIpc) is 3.13. The van der Waals surface area contributed by atoms with Crippen molar-refractivity contribution in [1.82, 2.24) is 10.3 Å². The highest BCUT2D eigenvalue weighted by molar-refractivity contribution is 7.84. The molecule has 2 aromatic carbocycles. The van der Waals surface area contributed by atoms with Crippen LogP contribution in [0.1, 0.15) is 30.4 Å². The minimum atomic E-state index is -1.38. The highest BCUT2D eigenvalue weighted by Gasteiger charge is 2.17. The summed E-state index contributed by atoms with van der Waals surface area (Å²) in [5, 5.41) is 2.94. The number of rotatable bonds is 10. The van der Waals surface area contributed by atoms with E-state index in [9.17, 15) is 9.00 Å². The molecule has 0 radical (unpaired) electrons. The van der Waals surface area contributed by atoms with Crippen molar-refractivity contribution < 1.29 is 18.2 Å². The van der Waals surface area contributed by atoms with Crippen molar-refractivity contribution in [2.75, 3.05) is 12.9 Å². The summed E-state index contributed by atoms with van der Waals surface area (Å²) in [7, 11) is 0.223. The van der Waals surface area contributed by atoms with Crippen molar-refractivity contribution >= 4 is 16.7 Å². The lowest BCUT2D eigenvalue weighted by molar-refractivity contribution is -0.119. The zero-order chi connectivity index (χ0) is 22.2. The molecule has 0 aliphatic carbocycles. The van der Waals surface area contributed by atoms with Gasteiger partial charge in [-0.3, -0.25) is 9.00 Å². The Bertz CT molecular complexity index is 1030. The first-order valence-electron chi connectivity index (χ1n) is 10.2. The van der Waals surface area contributed by atoms with Gasteiger partial charge in [-0.25, -0.2) is 4.98 Å². The molecule has 0 spiro atoms. The van der Waals surface area contributed by atoms with Gasteiger partial charge in [0, 0.05) is 22.4 Å². The molecule has 0 unspecified atom stereocenters. The highest BCUT2D eigenvalue weighted by atomic mass is 32.2. The van der Waals surface area contributed by atoms with Crippen LogP contribution in [0.5, 0.6) is 5.75 Å². The summed E-state index contributed by atoms with van der Waals surface area (Å²) in [6.07, 6.45) is 1.71. The zero-order valence-corrected chi connectivity index (χ0v) is 18.9. The average molecular weight is 441 g/mol. The fourth-order valence-electron chi connectivity index (χ4n) is 3.21. The van der Waals surface area contributed by atoms with E-state index in [-0.39, 0.29) is 23.5 Å². The maximum absolute atomic E-state index is 12.5. The smallest absolute Gasteiger partial charge is 0.232 e. The van der Waals surface area contributed by atoms with Gasteiger partial charge >= 0.3 is 0 Å². The summed E-state index contributed by atoms with van der Waals surface area (Å²) in [5.74, 6) is 1.65. The third-order valence-corrected chi connectivity index (χ3v) is 6.09. The van der Waals surface area contributed by atoms with Gasteiger partial charge in [-0.05, 0) is 50.5 Å². The number of aromatic nitrogens is 1. The first-order chi connectivity index (χ1) is 14.9. The van der Waals surface area contributed by atoms with Crippen LogP contribution in [0.2, 0.25) is 0 Å². The van der Waals surface area contributed by atoms with E-state index in [1.54, 1.807) is 14.0 Å². The van der Waals surface area contributed by atoms with Crippen molar-refractivity contribution in [1.29, 1.82) is 0 Å². The molecule has 164 valence electrons. The van der Waals surface area contributed by atoms with Crippen molar-refractivity contribution in [2.45, 2.75) is 38.5 Å². The number of aryl methyl sites for hydroxylation is 2. The fraction of sp³-hybridized carbons (Fsp3) is 0.333. The topological polar surface area (TPSA) is 81.4 Å². The predicted molar refractivity (Wildman–Crippen MR) is 122 cm³/mol. The lowest BCUT2D eigenvalue weighted by atomic mass is 10.1. The lowest BCUT2D eigenvalue weighted by Crippen LogP contribution is -2.36. The molecule has 0 bridgehead atoms. The second-order valence-corrected chi connectivity index (χ2v) is 8.93. The number of carbonyl (C=O) groups excluding carboxylic acids is 1. The van der Waals surface area contributed by atoms with Crippen LogP contribution in [0.3, 0.4) is 0 Å². The van der Waals surface area contributed by atoms with Gasteiger partial charge in [0.25, 0.3) is 0 Å². The first-order valence-corrected chi connectivity index (χ1v) is 11.7. The number of carbonyl (C=O) groups is 1. The van der Waals surface area contributed by atoms with Crippen LogP contribution in [-0.4, -0.2) is 34.0 Å². The van der Waals surface area contributed by atoms with Gasteiger partial charge < -0.3 is 14.5 Å². The van der Waals surface area contributed by atoms with Gasteiger partial charge in [0.2, 0.25) is 11.8 Å². The van der Waals surface area contributed by atoms with E-state index in [2.05, 4.69) is 22.4 Å². The van der Waals surface area contributed by atoms with E-state index in [1.165, 1.54) is 5.56 Å². The van der Waals surface area contributed by atoms with Crippen LogP contribution in [-0.2, 0) is 27.8 Å². The van der Waals surface area contributed by atoms with Crippen LogP contribution in [0.4, 0.5) is 0 Å². The van der Waals surface area contributed by atoms with Crippen molar-refractivity contribution in [3.8, 4) is 17.2 Å². The molecular formula is C24H28N2O4S. The molecule has 0 saturated carbocycles. The Labute approximate surface area is 185 Å².